The van der Waals surface area contributed by atoms with E-state index in [1.807, 2.05) is 31.4 Å². The lowest BCUT2D eigenvalue weighted by molar-refractivity contribution is -0.128. The molecule has 1 fully saturated rings. The number of amides is 1. The lowest BCUT2D eigenvalue weighted by Gasteiger charge is -2.27. The molecule has 5 nitrogen and oxygen atoms in total. The summed E-state index contributed by atoms with van der Waals surface area (Å²) in [6.07, 6.45) is 0.606. The maximum absolute atomic E-state index is 12.2. The Kier molecular flexibility index (Phi) is 6.31. The number of carbonyl (C=O) groups is 1. The van der Waals surface area contributed by atoms with Gasteiger partial charge in [-0.3, -0.25) is 4.79 Å². The molecule has 8 heteroatoms. The highest BCUT2D eigenvalue weighted by atomic mass is 32.2. The second-order valence-corrected chi connectivity index (χ2v) is 9.21. The van der Waals surface area contributed by atoms with Crippen LogP contribution in [-0.4, -0.2) is 54.7 Å². The molecule has 0 aromatic carbocycles. The van der Waals surface area contributed by atoms with E-state index in [-0.39, 0.29) is 17.0 Å². The van der Waals surface area contributed by atoms with E-state index in [9.17, 15) is 13.2 Å². The molecule has 1 saturated heterocycles. The van der Waals surface area contributed by atoms with Gasteiger partial charge in [-0.1, -0.05) is 19.9 Å². The van der Waals surface area contributed by atoms with E-state index in [1.54, 1.807) is 28.0 Å². The number of thioether (sulfide) groups is 1. The van der Waals surface area contributed by atoms with Crippen molar-refractivity contribution in [1.82, 2.24) is 9.21 Å². The van der Waals surface area contributed by atoms with Crippen LogP contribution in [0.3, 0.4) is 0 Å². The van der Waals surface area contributed by atoms with E-state index in [0.29, 0.717) is 31.8 Å². The standard InChI is InChI=1S/C14H22N2O3S3/c1-3-10-22(18,19)15(4-2)7-8-16-13(17)11-21-14(16)12-6-5-9-20-12/h5-6,9,14H,3-4,7-8,10-11H2,1-2H3/t14-/m0/s1. The molecule has 1 aliphatic heterocycles. The van der Waals surface area contributed by atoms with Gasteiger partial charge in [0.15, 0.2) is 0 Å². The van der Waals surface area contributed by atoms with Crippen molar-refractivity contribution >= 4 is 39.0 Å². The summed E-state index contributed by atoms with van der Waals surface area (Å²) in [5.41, 5.74) is 0. The average Bonchev–Trinajstić information content (AvgIpc) is 3.09. The summed E-state index contributed by atoms with van der Waals surface area (Å²) in [6, 6.07) is 4.00. The fraction of sp³-hybridized carbons (Fsp3) is 0.643. The fourth-order valence-electron chi connectivity index (χ4n) is 2.46. The largest absolute Gasteiger partial charge is 0.324 e. The first-order chi connectivity index (χ1) is 10.5. The van der Waals surface area contributed by atoms with Crippen LogP contribution >= 0.6 is 23.1 Å². The van der Waals surface area contributed by atoms with E-state index in [4.69, 9.17) is 0 Å². The topological polar surface area (TPSA) is 57.7 Å². The third-order valence-corrected chi connectivity index (χ3v) is 8.02. The van der Waals surface area contributed by atoms with E-state index >= 15 is 0 Å². The first kappa shape index (κ1) is 17.8. The zero-order chi connectivity index (χ0) is 16.2. The average molecular weight is 363 g/mol. The zero-order valence-electron chi connectivity index (χ0n) is 12.9. The Balaban J connectivity index is 2.03. The van der Waals surface area contributed by atoms with Gasteiger partial charge in [0.25, 0.3) is 0 Å². The molecular weight excluding hydrogens is 340 g/mol. The summed E-state index contributed by atoms with van der Waals surface area (Å²) in [4.78, 5) is 15.1. The number of carbonyl (C=O) groups excluding carboxylic acids is 1. The smallest absolute Gasteiger partial charge is 0.233 e. The van der Waals surface area contributed by atoms with Gasteiger partial charge in [-0.2, -0.15) is 0 Å². The van der Waals surface area contributed by atoms with Crippen molar-refractivity contribution in [3.63, 3.8) is 0 Å². The van der Waals surface area contributed by atoms with Crippen molar-refractivity contribution in [3.8, 4) is 0 Å². The number of sulfonamides is 1. The Labute approximate surface area is 140 Å². The molecule has 0 unspecified atom stereocenters. The molecule has 2 rings (SSSR count). The van der Waals surface area contributed by atoms with Gasteiger partial charge >= 0.3 is 0 Å². The van der Waals surface area contributed by atoms with Crippen LogP contribution in [0.5, 0.6) is 0 Å². The third kappa shape index (κ3) is 4.04. The summed E-state index contributed by atoms with van der Waals surface area (Å²) in [7, 11) is -3.21. The maximum Gasteiger partial charge on any atom is 0.233 e. The fourth-order valence-corrected chi connectivity index (χ4v) is 6.19. The Morgan fingerprint density at radius 2 is 2.18 bits per heavy atom. The number of likely N-dealkylation sites (N-methyl/N-ethyl adjacent to an activating group) is 1. The normalized spacial score (nSPS) is 19.3. The van der Waals surface area contributed by atoms with E-state index in [2.05, 4.69) is 0 Å². The molecule has 0 radical (unpaired) electrons. The van der Waals surface area contributed by atoms with Crippen LogP contribution < -0.4 is 0 Å². The van der Waals surface area contributed by atoms with Gasteiger partial charge < -0.3 is 4.90 Å². The van der Waals surface area contributed by atoms with Gasteiger partial charge in [0.2, 0.25) is 15.9 Å². The van der Waals surface area contributed by atoms with Crippen LogP contribution in [0, 0.1) is 0 Å². The minimum absolute atomic E-state index is 0.0279. The van der Waals surface area contributed by atoms with Crippen molar-refractivity contribution in [3.05, 3.63) is 22.4 Å². The predicted octanol–water partition coefficient (Wildman–Crippen LogP) is 2.38. The lowest BCUT2D eigenvalue weighted by atomic mass is 10.4. The first-order valence-corrected chi connectivity index (χ1v) is 11.0. The van der Waals surface area contributed by atoms with Crippen LogP contribution in [0.1, 0.15) is 30.5 Å². The van der Waals surface area contributed by atoms with Gasteiger partial charge in [-0.15, -0.1) is 23.1 Å². The van der Waals surface area contributed by atoms with E-state index in [1.165, 1.54) is 4.31 Å². The molecule has 0 saturated carbocycles. The molecule has 0 N–H and O–H groups in total. The maximum atomic E-state index is 12.2. The first-order valence-electron chi connectivity index (χ1n) is 7.42. The highest BCUT2D eigenvalue weighted by Crippen LogP contribution is 2.40. The zero-order valence-corrected chi connectivity index (χ0v) is 15.3. The highest BCUT2D eigenvalue weighted by molar-refractivity contribution is 8.00. The molecule has 22 heavy (non-hydrogen) atoms. The monoisotopic (exact) mass is 362 g/mol. The molecule has 1 aromatic heterocycles. The molecular formula is C14H22N2O3S3. The summed E-state index contributed by atoms with van der Waals surface area (Å²) >= 11 is 3.25. The molecule has 1 aliphatic rings. The van der Waals surface area contributed by atoms with Crippen LogP contribution in [0.25, 0.3) is 0 Å². The van der Waals surface area contributed by atoms with Gasteiger partial charge in [-0.05, 0) is 17.9 Å². The molecule has 1 amide bonds. The minimum atomic E-state index is -3.21. The Morgan fingerprint density at radius 1 is 1.41 bits per heavy atom. The van der Waals surface area contributed by atoms with Crippen molar-refractivity contribution in [2.75, 3.05) is 31.1 Å². The third-order valence-electron chi connectivity index (χ3n) is 3.55. The molecule has 2 heterocycles. The predicted molar refractivity (Wildman–Crippen MR) is 92.6 cm³/mol. The van der Waals surface area contributed by atoms with Crippen LogP contribution in [0.2, 0.25) is 0 Å². The number of hydrogen-bond acceptors (Lipinski definition) is 5. The number of rotatable bonds is 8. The minimum Gasteiger partial charge on any atom is -0.324 e. The summed E-state index contributed by atoms with van der Waals surface area (Å²) in [5.74, 6) is 0.723. The van der Waals surface area contributed by atoms with E-state index in [0.717, 1.165) is 4.88 Å². The van der Waals surface area contributed by atoms with Crippen molar-refractivity contribution in [2.24, 2.45) is 0 Å². The Hall–Kier alpha value is -0.570. The van der Waals surface area contributed by atoms with Crippen LogP contribution in [0.4, 0.5) is 0 Å². The molecule has 1 atom stereocenters. The Bertz CT molecular complexity index is 586. The molecule has 0 spiro atoms. The lowest BCUT2D eigenvalue weighted by Crippen LogP contribution is -2.40. The summed E-state index contributed by atoms with van der Waals surface area (Å²) in [6.45, 7) is 4.96. The quantitative estimate of drug-likeness (QED) is 0.712. The summed E-state index contributed by atoms with van der Waals surface area (Å²) in [5, 5.41) is 2.03. The van der Waals surface area contributed by atoms with Crippen molar-refractivity contribution in [1.29, 1.82) is 0 Å². The number of thiophene rings is 1. The van der Waals surface area contributed by atoms with Crippen molar-refractivity contribution in [2.45, 2.75) is 25.6 Å². The number of nitrogens with zero attached hydrogens (tertiary/aromatic N) is 2. The second kappa shape index (κ2) is 7.81. The summed E-state index contributed by atoms with van der Waals surface area (Å²) < 4.78 is 25.8. The molecule has 1 aromatic rings. The molecule has 124 valence electrons. The SMILES string of the molecule is CCCS(=O)(=O)N(CC)CCN1C(=O)CS[C@H]1c1cccs1. The molecule has 0 bridgehead atoms. The van der Waals surface area contributed by atoms with Gasteiger partial charge in [0.1, 0.15) is 5.37 Å². The van der Waals surface area contributed by atoms with Gasteiger partial charge in [-0.25, -0.2) is 12.7 Å². The van der Waals surface area contributed by atoms with Gasteiger partial charge in [0, 0.05) is 24.5 Å². The van der Waals surface area contributed by atoms with Crippen LogP contribution in [0.15, 0.2) is 17.5 Å². The second-order valence-electron chi connectivity index (χ2n) is 5.07. The number of hydrogen-bond donors (Lipinski definition) is 0. The van der Waals surface area contributed by atoms with Gasteiger partial charge in [0.05, 0.1) is 11.5 Å². The molecule has 0 aliphatic carbocycles. The van der Waals surface area contributed by atoms with E-state index < -0.39 is 10.0 Å². The van der Waals surface area contributed by atoms with Crippen LogP contribution in [-0.2, 0) is 14.8 Å². The highest BCUT2D eigenvalue weighted by Gasteiger charge is 2.34. The van der Waals surface area contributed by atoms with Crippen molar-refractivity contribution < 1.29 is 13.2 Å². The Morgan fingerprint density at radius 3 is 2.77 bits per heavy atom.